The summed E-state index contributed by atoms with van der Waals surface area (Å²) in [7, 11) is 0. The second-order valence-electron chi connectivity index (χ2n) is 13.5. The van der Waals surface area contributed by atoms with Crippen molar-refractivity contribution in [2.24, 2.45) is 5.41 Å². The summed E-state index contributed by atoms with van der Waals surface area (Å²) in [5.41, 5.74) is 3.14. The summed E-state index contributed by atoms with van der Waals surface area (Å²) < 4.78 is 20.4. The SMILES string of the molecule is C=C(F)C(=O)N1CCN(c2nc(OCC3(CN4CCCCC4)CC3)nc3c2CCN(c2cccc4cccc(Cl)c24)C3)C[C@@H]1CC#N. The molecule has 1 atom stereocenters. The van der Waals surface area contributed by atoms with Crippen LogP contribution in [0.5, 0.6) is 6.01 Å². The highest BCUT2D eigenvalue weighted by molar-refractivity contribution is 6.36. The lowest BCUT2D eigenvalue weighted by Gasteiger charge is -2.42. The summed E-state index contributed by atoms with van der Waals surface area (Å²) in [6, 6.07) is 14.3. The number of rotatable bonds is 9. The average Bonchev–Trinajstić information content (AvgIpc) is 3.86. The molecule has 4 aliphatic rings. The van der Waals surface area contributed by atoms with E-state index in [2.05, 4.69) is 51.6 Å². The number of anilines is 2. The Kier molecular flexibility index (Phi) is 8.95. The average molecular weight is 658 g/mol. The van der Waals surface area contributed by atoms with Gasteiger partial charge < -0.3 is 24.3 Å². The number of hydrogen-bond acceptors (Lipinski definition) is 8. The van der Waals surface area contributed by atoms with E-state index in [0.717, 1.165) is 72.6 Å². The topological polar surface area (TPSA) is 88.8 Å². The Labute approximate surface area is 280 Å². The molecule has 3 fully saturated rings. The highest BCUT2D eigenvalue weighted by Crippen LogP contribution is 2.47. The number of aromatic nitrogens is 2. The minimum atomic E-state index is -1.01. The van der Waals surface area contributed by atoms with Crippen molar-refractivity contribution in [3.8, 4) is 12.1 Å². The van der Waals surface area contributed by atoms with Gasteiger partial charge in [-0.2, -0.15) is 15.2 Å². The van der Waals surface area contributed by atoms with Crippen molar-refractivity contribution in [3.05, 3.63) is 65.1 Å². The Morgan fingerprint density at radius 3 is 2.60 bits per heavy atom. The van der Waals surface area contributed by atoms with Crippen LogP contribution < -0.4 is 14.5 Å². The first kappa shape index (κ1) is 31.6. The molecule has 246 valence electrons. The lowest BCUT2D eigenvalue weighted by Crippen LogP contribution is -2.55. The third-order valence-corrected chi connectivity index (χ3v) is 10.6. The molecule has 11 heteroatoms. The van der Waals surface area contributed by atoms with Crippen molar-refractivity contribution in [2.45, 2.75) is 57.5 Å². The second-order valence-corrected chi connectivity index (χ2v) is 13.9. The molecule has 47 heavy (non-hydrogen) atoms. The van der Waals surface area contributed by atoms with Crippen LogP contribution in [0.1, 0.15) is 49.8 Å². The number of nitriles is 1. The zero-order chi connectivity index (χ0) is 32.5. The fraction of sp³-hybridized carbons (Fsp3) is 0.500. The van der Waals surface area contributed by atoms with Crippen molar-refractivity contribution in [3.63, 3.8) is 0 Å². The minimum absolute atomic E-state index is 0.0841. The fourth-order valence-corrected chi connectivity index (χ4v) is 7.82. The number of carbonyl (C=O) groups excluding carboxylic acids is 1. The Balaban J connectivity index is 1.19. The van der Waals surface area contributed by atoms with Gasteiger partial charge in [-0.15, -0.1) is 0 Å². The summed E-state index contributed by atoms with van der Waals surface area (Å²) in [5.74, 6) is -0.995. The van der Waals surface area contributed by atoms with Crippen molar-refractivity contribution >= 4 is 39.8 Å². The Bertz CT molecular complexity index is 1710. The predicted molar refractivity (Wildman–Crippen MR) is 181 cm³/mol. The molecule has 4 heterocycles. The zero-order valence-corrected chi connectivity index (χ0v) is 27.5. The highest BCUT2D eigenvalue weighted by atomic mass is 35.5. The van der Waals surface area contributed by atoms with Crippen molar-refractivity contribution in [1.29, 1.82) is 5.26 Å². The number of piperidine rings is 1. The van der Waals surface area contributed by atoms with Gasteiger partial charge in [0.05, 0.1) is 42.4 Å². The maximum atomic E-state index is 13.9. The van der Waals surface area contributed by atoms with Crippen LogP contribution in [0.2, 0.25) is 5.02 Å². The Hall–Kier alpha value is -3.94. The maximum absolute atomic E-state index is 13.9. The molecular weight excluding hydrogens is 617 g/mol. The van der Waals surface area contributed by atoms with E-state index in [1.165, 1.54) is 24.2 Å². The number of carbonyl (C=O) groups is 1. The fourth-order valence-electron chi connectivity index (χ4n) is 7.55. The van der Waals surface area contributed by atoms with Crippen LogP contribution in [-0.2, 0) is 17.8 Å². The summed E-state index contributed by atoms with van der Waals surface area (Å²) in [6.07, 6.45) is 6.91. The van der Waals surface area contributed by atoms with Crippen LogP contribution in [-0.4, -0.2) is 84.1 Å². The zero-order valence-electron chi connectivity index (χ0n) is 26.8. The van der Waals surface area contributed by atoms with Crippen molar-refractivity contribution in [2.75, 3.05) is 62.2 Å². The number of ether oxygens (including phenoxy) is 1. The van der Waals surface area contributed by atoms with Crippen LogP contribution in [0.25, 0.3) is 10.8 Å². The lowest BCUT2D eigenvalue weighted by molar-refractivity contribution is -0.131. The van der Waals surface area contributed by atoms with Gasteiger partial charge in [-0.05, 0) is 62.7 Å². The van der Waals surface area contributed by atoms with Gasteiger partial charge in [-0.1, -0.05) is 48.9 Å². The summed E-state index contributed by atoms with van der Waals surface area (Å²) >= 11 is 6.72. The molecule has 0 spiro atoms. The van der Waals surface area contributed by atoms with E-state index >= 15 is 0 Å². The van der Waals surface area contributed by atoms with Gasteiger partial charge in [-0.3, -0.25) is 4.79 Å². The first-order valence-electron chi connectivity index (χ1n) is 16.8. The normalized spacial score (nSPS) is 20.9. The molecule has 7 rings (SSSR count). The first-order chi connectivity index (χ1) is 22.8. The number of fused-ring (bicyclic) bond motifs is 2. The van der Waals surface area contributed by atoms with Gasteiger partial charge in [0.15, 0.2) is 5.83 Å². The Morgan fingerprint density at radius 1 is 1.06 bits per heavy atom. The molecule has 0 unspecified atom stereocenters. The van der Waals surface area contributed by atoms with Gasteiger partial charge in [0.25, 0.3) is 5.91 Å². The summed E-state index contributed by atoms with van der Waals surface area (Å²) in [5, 5.41) is 12.4. The number of likely N-dealkylation sites (tertiary alicyclic amines) is 1. The van der Waals surface area contributed by atoms with Crippen LogP contribution in [0.3, 0.4) is 0 Å². The smallest absolute Gasteiger partial charge is 0.318 e. The first-order valence-corrected chi connectivity index (χ1v) is 17.2. The predicted octanol–water partition coefficient (Wildman–Crippen LogP) is 5.90. The largest absolute Gasteiger partial charge is 0.463 e. The van der Waals surface area contributed by atoms with Gasteiger partial charge in [0.2, 0.25) is 0 Å². The standard InChI is InChI=1S/C36H41ClFN7O2/c1-25(38)34(46)45-20-19-44(21-27(45)11-15-39)33-28-12-18-43(31-10-6-8-26-7-5-9-29(37)32(26)31)22-30(28)40-35(41-33)47-24-36(13-14-36)23-42-16-3-2-4-17-42/h5-10,27H,1-4,11-14,16-24H2/t27-/m0/s1. The van der Waals surface area contributed by atoms with Crippen molar-refractivity contribution in [1.82, 2.24) is 19.8 Å². The van der Waals surface area contributed by atoms with E-state index in [1.807, 2.05) is 12.1 Å². The number of benzene rings is 2. The molecule has 3 aromatic rings. The Morgan fingerprint density at radius 2 is 1.85 bits per heavy atom. The van der Waals surface area contributed by atoms with Crippen molar-refractivity contribution < 1.29 is 13.9 Å². The molecule has 2 saturated heterocycles. The number of halogens is 2. The molecule has 1 aliphatic carbocycles. The van der Waals surface area contributed by atoms with E-state index in [1.54, 1.807) is 0 Å². The van der Waals surface area contributed by atoms with Crippen LogP contribution in [0, 0.1) is 16.7 Å². The van der Waals surface area contributed by atoms with E-state index in [0.29, 0.717) is 43.7 Å². The second kappa shape index (κ2) is 13.3. The highest BCUT2D eigenvalue weighted by Gasteiger charge is 2.45. The van der Waals surface area contributed by atoms with E-state index in [9.17, 15) is 14.4 Å². The molecule has 2 aromatic carbocycles. The van der Waals surface area contributed by atoms with Crippen LogP contribution >= 0.6 is 11.6 Å². The molecule has 1 amide bonds. The molecule has 0 radical (unpaired) electrons. The van der Waals surface area contributed by atoms with Gasteiger partial charge in [-0.25, -0.2) is 4.39 Å². The summed E-state index contributed by atoms with van der Waals surface area (Å²) in [4.78, 5) is 31.1. The maximum Gasteiger partial charge on any atom is 0.318 e. The third kappa shape index (κ3) is 6.61. The van der Waals surface area contributed by atoms with E-state index in [4.69, 9.17) is 26.3 Å². The quantitative estimate of drug-likeness (QED) is 0.263. The molecular formula is C36H41ClFN7O2. The van der Waals surface area contributed by atoms with E-state index in [-0.39, 0.29) is 18.4 Å². The lowest BCUT2D eigenvalue weighted by atomic mass is 10.0. The number of amides is 1. The number of nitrogens with zero attached hydrogens (tertiary/aromatic N) is 7. The van der Waals surface area contributed by atoms with Gasteiger partial charge in [0.1, 0.15) is 5.82 Å². The minimum Gasteiger partial charge on any atom is -0.463 e. The molecule has 9 nitrogen and oxygen atoms in total. The van der Waals surface area contributed by atoms with Gasteiger partial charge in [0, 0.05) is 54.8 Å². The molecule has 3 aliphatic heterocycles. The molecule has 0 bridgehead atoms. The summed E-state index contributed by atoms with van der Waals surface area (Å²) in [6.45, 7) is 9.51. The number of piperazine rings is 1. The van der Waals surface area contributed by atoms with E-state index < -0.39 is 17.8 Å². The molecule has 1 saturated carbocycles. The molecule has 0 N–H and O–H groups in total. The number of hydrogen-bond donors (Lipinski definition) is 0. The third-order valence-electron chi connectivity index (χ3n) is 10.3. The molecule has 1 aromatic heterocycles. The monoisotopic (exact) mass is 657 g/mol. The van der Waals surface area contributed by atoms with Crippen LogP contribution in [0.15, 0.2) is 48.8 Å². The van der Waals surface area contributed by atoms with Gasteiger partial charge >= 0.3 is 6.01 Å². The van der Waals surface area contributed by atoms with Crippen LogP contribution in [0.4, 0.5) is 15.9 Å².